The van der Waals surface area contributed by atoms with Crippen molar-refractivity contribution in [2.24, 2.45) is 0 Å². The van der Waals surface area contributed by atoms with E-state index in [1.807, 2.05) is 25.1 Å². The first-order valence-electron chi connectivity index (χ1n) is 7.17. The Morgan fingerprint density at radius 2 is 2.25 bits per heavy atom. The van der Waals surface area contributed by atoms with Crippen molar-refractivity contribution in [3.05, 3.63) is 18.2 Å². The molecule has 1 heterocycles. The number of nitrogens with two attached hydrogens (primary N) is 1. The predicted molar refractivity (Wildman–Crippen MR) is 81.1 cm³/mol. The third kappa shape index (κ3) is 3.15. The molecule has 0 bridgehead atoms. The lowest BCUT2D eigenvalue weighted by atomic mass is 10.00. The quantitative estimate of drug-likeness (QED) is 0.823. The number of ether oxygens (including phenoxy) is 1. The first-order valence-corrected chi connectivity index (χ1v) is 7.17. The van der Waals surface area contributed by atoms with E-state index in [4.69, 9.17) is 10.5 Å². The summed E-state index contributed by atoms with van der Waals surface area (Å²) in [5, 5.41) is 2.75. The Morgan fingerprint density at radius 3 is 2.95 bits per heavy atom. The topological polar surface area (TPSA) is 67.6 Å². The van der Waals surface area contributed by atoms with E-state index in [1.165, 1.54) is 0 Å². The molecule has 20 heavy (non-hydrogen) atoms. The number of hydrogen-bond acceptors (Lipinski definition) is 4. The smallest absolute Gasteiger partial charge is 0.242 e. The van der Waals surface area contributed by atoms with E-state index < -0.39 is 0 Å². The highest BCUT2D eigenvalue weighted by molar-refractivity contribution is 5.85. The van der Waals surface area contributed by atoms with Gasteiger partial charge in [-0.05, 0) is 32.3 Å². The van der Waals surface area contributed by atoms with Gasteiger partial charge in [0.25, 0.3) is 0 Å². The van der Waals surface area contributed by atoms with Gasteiger partial charge in [0.05, 0.1) is 6.61 Å². The monoisotopic (exact) mass is 277 g/mol. The largest absolute Gasteiger partial charge is 0.494 e. The number of nitrogens with zero attached hydrogens (tertiary/aromatic N) is 1. The molecule has 1 aliphatic heterocycles. The van der Waals surface area contributed by atoms with Gasteiger partial charge in [-0.25, -0.2) is 0 Å². The molecule has 0 aromatic heterocycles. The molecule has 5 nitrogen and oxygen atoms in total. The van der Waals surface area contributed by atoms with Gasteiger partial charge in [0.2, 0.25) is 5.91 Å². The SMILES string of the molecule is CCOc1cc(N)cc(N2CCCCC2C(=O)NC)c1. The van der Waals surface area contributed by atoms with Crippen molar-refractivity contribution in [1.82, 2.24) is 5.32 Å². The van der Waals surface area contributed by atoms with Crippen LogP contribution in [0.4, 0.5) is 11.4 Å². The lowest BCUT2D eigenvalue weighted by molar-refractivity contribution is -0.122. The second-order valence-electron chi connectivity index (χ2n) is 5.01. The van der Waals surface area contributed by atoms with Crippen LogP contribution in [0, 0.1) is 0 Å². The first kappa shape index (κ1) is 14.5. The fourth-order valence-electron chi connectivity index (χ4n) is 2.70. The normalized spacial score (nSPS) is 18.7. The number of anilines is 2. The first-order chi connectivity index (χ1) is 9.65. The molecule has 1 atom stereocenters. The Balaban J connectivity index is 2.29. The number of nitrogens with one attached hydrogen (secondary N) is 1. The molecule has 0 aliphatic carbocycles. The van der Waals surface area contributed by atoms with Crippen molar-refractivity contribution in [1.29, 1.82) is 0 Å². The van der Waals surface area contributed by atoms with Crippen molar-refractivity contribution in [3.63, 3.8) is 0 Å². The lowest BCUT2D eigenvalue weighted by Gasteiger charge is -2.36. The Morgan fingerprint density at radius 1 is 1.45 bits per heavy atom. The van der Waals surface area contributed by atoms with Gasteiger partial charge in [0.1, 0.15) is 11.8 Å². The standard InChI is InChI=1S/C15H23N3O2/c1-3-20-13-9-11(16)8-12(10-13)18-7-5-4-6-14(18)15(19)17-2/h8-10,14H,3-7,16H2,1-2H3,(H,17,19). The van der Waals surface area contributed by atoms with Crippen LogP contribution in [-0.4, -0.2) is 32.1 Å². The summed E-state index contributed by atoms with van der Waals surface area (Å²) < 4.78 is 5.53. The van der Waals surface area contributed by atoms with E-state index in [2.05, 4.69) is 10.2 Å². The maximum Gasteiger partial charge on any atom is 0.242 e. The molecule has 3 N–H and O–H groups in total. The van der Waals surface area contributed by atoms with E-state index in [-0.39, 0.29) is 11.9 Å². The van der Waals surface area contributed by atoms with Crippen molar-refractivity contribution >= 4 is 17.3 Å². The molecule has 2 rings (SSSR count). The summed E-state index contributed by atoms with van der Waals surface area (Å²) in [5.74, 6) is 0.814. The lowest BCUT2D eigenvalue weighted by Crippen LogP contribution is -2.48. The van der Waals surface area contributed by atoms with Gasteiger partial charge in [-0.15, -0.1) is 0 Å². The maximum absolute atomic E-state index is 12.0. The van der Waals surface area contributed by atoms with E-state index in [0.29, 0.717) is 12.3 Å². The van der Waals surface area contributed by atoms with Crippen molar-refractivity contribution in [2.45, 2.75) is 32.2 Å². The van der Waals surface area contributed by atoms with Crippen molar-refractivity contribution < 1.29 is 9.53 Å². The number of hydrogen-bond donors (Lipinski definition) is 2. The Hall–Kier alpha value is -1.91. The summed E-state index contributed by atoms with van der Waals surface area (Å²) in [6.45, 7) is 3.41. The van der Waals surface area contributed by atoms with Crippen LogP contribution in [0.1, 0.15) is 26.2 Å². The number of rotatable bonds is 4. The van der Waals surface area contributed by atoms with Crippen LogP contribution in [0.5, 0.6) is 5.75 Å². The van der Waals surface area contributed by atoms with Gasteiger partial charge in [0.15, 0.2) is 0 Å². The molecule has 0 radical (unpaired) electrons. The van der Waals surface area contributed by atoms with Crippen molar-refractivity contribution in [3.8, 4) is 5.75 Å². The molecule has 0 spiro atoms. The van der Waals surface area contributed by atoms with Crippen LogP contribution < -0.4 is 20.7 Å². The molecule has 1 fully saturated rings. The van der Waals surface area contributed by atoms with Gasteiger partial charge in [0, 0.05) is 37.1 Å². The number of carbonyl (C=O) groups excluding carboxylic acids is 1. The van der Waals surface area contributed by atoms with E-state index in [0.717, 1.165) is 37.2 Å². The summed E-state index contributed by atoms with van der Waals surface area (Å²) in [5.41, 5.74) is 7.56. The highest BCUT2D eigenvalue weighted by Gasteiger charge is 2.28. The number of likely N-dealkylation sites (N-methyl/N-ethyl adjacent to an activating group) is 1. The Labute approximate surface area is 120 Å². The minimum absolute atomic E-state index is 0.0603. The summed E-state index contributed by atoms with van der Waals surface area (Å²) >= 11 is 0. The molecular formula is C15H23N3O2. The van der Waals surface area contributed by atoms with E-state index >= 15 is 0 Å². The van der Waals surface area contributed by atoms with Crippen LogP contribution in [0.25, 0.3) is 0 Å². The molecule has 110 valence electrons. The van der Waals surface area contributed by atoms with Gasteiger partial charge in [-0.1, -0.05) is 0 Å². The van der Waals surface area contributed by atoms with E-state index in [9.17, 15) is 4.79 Å². The Bertz CT molecular complexity index is 476. The molecule has 1 amide bonds. The van der Waals surface area contributed by atoms with Crippen LogP contribution in [0.2, 0.25) is 0 Å². The van der Waals surface area contributed by atoms with Crippen LogP contribution in [-0.2, 0) is 4.79 Å². The van der Waals surface area contributed by atoms with Gasteiger partial charge in [-0.2, -0.15) is 0 Å². The summed E-state index contributed by atoms with van der Waals surface area (Å²) in [7, 11) is 1.68. The average molecular weight is 277 g/mol. The highest BCUT2D eigenvalue weighted by Crippen LogP contribution is 2.30. The third-order valence-corrected chi connectivity index (χ3v) is 3.61. The molecular weight excluding hydrogens is 254 g/mol. The van der Waals surface area contributed by atoms with Crippen molar-refractivity contribution in [2.75, 3.05) is 30.8 Å². The molecule has 1 unspecified atom stereocenters. The van der Waals surface area contributed by atoms with Gasteiger partial charge in [-0.3, -0.25) is 4.79 Å². The number of nitrogen functional groups attached to an aromatic ring is 1. The molecule has 1 aliphatic rings. The zero-order valence-electron chi connectivity index (χ0n) is 12.2. The Kier molecular flexibility index (Phi) is 4.71. The van der Waals surface area contributed by atoms with Gasteiger partial charge < -0.3 is 20.7 Å². The summed E-state index contributed by atoms with van der Waals surface area (Å²) in [6, 6.07) is 5.56. The average Bonchev–Trinajstić information content (AvgIpc) is 2.46. The minimum Gasteiger partial charge on any atom is -0.494 e. The zero-order chi connectivity index (χ0) is 14.5. The third-order valence-electron chi connectivity index (χ3n) is 3.61. The van der Waals surface area contributed by atoms with Crippen LogP contribution in [0.15, 0.2) is 18.2 Å². The fourth-order valence-corrected chi connectivity index (χ4v) is 2.70. The van der Waals surface area contributed by atoms with Gasteiger partial charge >= 0.3 is 0 Å². The number of piperidine rings is 1. The molecule has 1 aromatic carbocycles. The second-order valence-corrected chi connectivity index (χ2v) is 5.01. The molecule has 5 heteroatoms. The maximum atomic E-state index is 12.0. The highest BCUT2D eigenvalue weighted by atomic mass is 16.5. The van der Waals surface area contributed by atoms with Crippen LogP contribution in [0.3, 0.4) is 0 Å². The fraction of sp³-hybridized carbons (Fsp3) is 0.533. The molecule has 1 saturated heterocycles. The molecule has 0 saturated carbocycles. The predicted octanol–water partition coefficient (Wildman–Crippen LogP) is 1.77. The van der Waals surface area contributed by atoms with Crippen LogP contribution >= 0.6 is 0 Å². The summed E-state index contributed by atoms with van der Waals surface area (Å²) in [4.78, 5) is 14.2. The minimum atomic E-state index is -0.120. The zero-order valence-corrected chi connectivity index (χ0v) is 12.2. The number of carbonyl (C=O) groups is 1. The number of amides is 1. The number of benzene rings is 1. The van der Waals surface area contributed by atoms with E-state index in [1.54, 1.807) is 7.05 Å². The summed E-state index contributed by atoms with van der Waals surface area (Å²) in [6.07, 6.45) is 3.04. The second kappa shape index (κ2) is 6.50. The molecule has 1 aromatic rings.